The van der Waals surface area contributed by atoms with Gasteiger partial charge in [0.2, 0.25) is 0 Å². The Hall–Kier alpha value is 2.81. The van der Waals surface area contributed by atoms with Crippen LogP contribution in [0.15, 0.2) is 0 Å². The zero-order chi connectivity index (χ0) is 6.28. The van der Waals surface area contributed by atoms with Crippen molar-refractivity contribution in [1.82, 2.24) is 6.15 Å². The third kappa shape index (κ3) is 190. The van der Waals surface area contributed by atoms with Crippen LogP contribution >= 0.6 is 32.6 Å². The molecule has 0 aromatic heterocycles. The number of hydrogen-bond donors (Lipinski definition) is 1. The van der Waals surface area contributed by atoms with Crippen molar-refractivity contribution in [3.05, 3.63) is 0 Å². The Kier molecular flexibility index (Phi) is 130. The Balaban J connectivity index is -0.00000000848. The van der Waals surface area contributed by atoms with Crippen LogP contribution in [0.4, 0.5) is 0 Å². The fraction of sp³-hybridized carbons (Fsp3) is 0. The molecule has 0 heterocycles. The van der Waals surface area contributed by atoms with E-state index in [1.807, 2.05) is 0 Å². The summed E-state index contributed by atoms with van der Waals surface area (Å²) in [4.78, 5) is 0. The molecular weight excluding hydrogens is 326 g/mol. The molecule has 0 saturated heterocycles. The zero-order valence-corrected chi connectivity index (χ0v) is 12.2. The van der Waals surface area contributed by atoms with Crippen molar-refractivity contribution in [3.8, 4) is 0 Å². The fourth-order valence-corrected chi connectivity index (χ4v) is 0. The summed E-state index contributed by atoms with van der Waals surface area (Å²) in [5.74, 6) is 0. The van der Waals surface area contributed by atoms with Crippen LogP contribution in [0.5, 0.6) is 0 Å². The van der Waals surface area contributed by atoms with Crippen LogP contribution in [-0.2, 0) is 13.1 Å². The maximum Gasteiger partial charge on any atom is 1.00 e. The molecule has 0 aliphatic carbocycles. The van der Waals surface area contributed by atoms with Gasteiger partial charge in [-0.05, 0) is 0 Å². The van der Waals surface area contributed by atoms with Gasteiger partial charge >= 0.3 is 62.9 Å². The van der Waals surface area contributed by atoms with Gasteiger partial charge in [0.05, 0.1) is 10.8 Å². The molecular formula is H5Cl5CuNNaO3. The second kappa shape index (κ2) is 38.5. The molecule has 0 rings (SSSR count). The van der Waals surface area contributed by atoms with E-state index in [0.29, 0.717) is 0 Å². The van der Waals surface area contributed by atoms with E-state index in [-0.39, 0.29) is 60.5 Å². The molecule has 0 radical (unpaired) electrons. The monoisotopic (exact) mass is 328 g/mol. The molecule has 0 unspecified atom stereocenters. The molecule has 0 aliphatic heterocycles. The SMILES string of the molecule is Cl.[Cl-].[Cl][Cu][Cl].[NH4+].[Na+].[O-][Cl+2]([O-])[O-]. The molecule has 4 N–H and O–H groups in total. The van der Waals surface area contributed by atoms with Crippen molar-refractivity contribution in [1.29, 1.82) is 0 Å². The average molecular weight is 331 g/mol. The first-order valence-electron chi connectivity index (χ1n) is 0.691. The summed E-state index contributed by atoms with van der Waals surface area (Å²) < 4.78 is 25.2. The van der Waals surface area contributed by atoms with Gasteiger partial charge in [-0.15, -0.1) is 12.4 Å². The first-order chi connectivity index (χ1) is 3.15. The van der Waals surface area contributed by atoms with Crippen LogP contribution < -0.4 is 62.1 Å². The van der Waals surface area contributed by atoms with Gasteiger partial charge in [0, 0.05) is 0 Å². The molecule has 11 heavy (non-hydrogen) atoms. The molecule has 75 valence electrons. The first-order valence-corrected chi connectivity index (χ1v) is 4.21. The van der Waals surface area contributed by atoms with Crippen molar-refractivity contribution >= 4 is 32.6 Å². The van der Waals surface area contributed by atoms with E-state index in [9.17, 15) is 0 Å². The Morgan fingerprint density at radius 2 is 1.09 bits per heavy atom. The van der Waals surface area contributed by atoms with E-state index in [1.54, 1.807) is 0 Å². The maximum absolute atomic E-state index is 8.41. The summed E-state index contributed by atoms with van der Waals surface area (Å²) in [7, 11) is 6.49. The molecule has 0 aromatic carbocycles. The number of rotatable bonds is 0. The van der Waals surface area contributed by atoms with Gasteiger partial charge in [0.15, 0.2) is 0 Å². The summed E-state index contributed by atoms with van der Waals surface area (Å²) in [6, 6.07) is 0. The first kappa shape index (κ1) is 37.2. The van der Waals surface area contributed by atoms with E-state index >= 15 is 0 Å². The molecule has 0 spiro atoms. The van der Waals surface area contributed by atoms with Crippen molar-refractivity contribution in [3.63, 3.8) is 0 Å². The summed E-state index contributed by atoms with van der Waals surface area (Å²) in [5.41, 5.74) is 0. The largest absolute Gasteiger partial charge is 1.00 e. The topological polar surface area (TPSA) is 106 Å². The minimum atomic E-state index is -2.85. The van der Waals surface area contributed by atoms with Crippen molar-refractivity contribution in [2.75, 3.05) is 0 Å². The van der Waals surface area contributed by atoms with Gasteiger partial charge in [-0.1, -0.05) is 0 Å². The summed E-state index contributed by atoms with van der Waals surface area (Å²) in [6.07, 6.45) is 0. The molecule has 0 atom stereocenters. The second-order valence-electron chi connectivity index (χ2n) is 0.232. The van der Waals surface area contributed by atoms with Crippen molar-refractivity contribution in [2.45, 2.75) is 0 Å². The van der Waals surface area contributed by atoms with Gasteiger partial charge in [-0.25, -0.2) is 0 Å². The van der Waals surface area contributed by atoms with Crippen LogP contribution in [-0.4, -0.2) is 0 Å². The predicted molar refractivity (Wildman–Crippen MR) is 24.9 cm³/mol. The van der Waals surface area contributed by atoms with Gasteiger partial charge in [0.25, 0.3) is 0 Å². The van der Waals surface area contributed by atoms with Crippen LogP contribution in [0.1, 0.15) is 0 Å². The normalized spacial score (nSPS) is 5.27. The van der Waals surface area contributed by atoms with Gasteiger partial charge in [-0.3, -0.25) is 0 Å². The average Bonchev–Trinajstić information content (AvgIpc) is 1.33. The molecule has 11 heteroatoms. The quantitative estimate of drug-likeness (QED) is 0.446. The molecule has 0 amide bonds. The zero-order valence-electron chi connectivity index (χ0n) is 5.45. The molecule has 0 bridgehead atoms. The third-order valence-electron chi connectivity index (χ3n) is 0. The van der Waals surface area contributed by atoms with Crippen LogP contribution in [0.3, 0.4) is 0 Å². The maximum atomic E-state index is 8.41. The van der Waals surface area contributed by atoms with E-state index in [0.717, 1.165) is 13.1 Å². The number of halogens is 5. The van der Waals surface area contributed by atoms with E-state index < -0.39 is 10.8 Å². The van der Waals surface area contributed by atoms with E-state index in [4.69, 9.17) is 14.0 Å². The van der Waals surface area contributed by atoms with Crippen molar-refractivity contribution in [2.24, 2.45) is 0 Å². The minimum absolute atomic E-state index is 0. The van der Waals surface area contributed by atoms with Crippen LogP contribution in [0, 0.1) is 10.8 Å². The van der Waals surface area contributed by atoms with Gasteiger partial charge in [-0.2, -0.15) is 0 Å². The Morgan fingerprint density at radius 3 is 1.09 bits per heavy atom. The molecule has 4 nitrogen and oxygen atoms in total. The van der Waals surface area contributed by atoms with Crippen LogP contribution in [0.25, 0.3) is 0 Å². The number of quaternary nitrogens is 1. The molecule has 0 fully saturated rings. The van der Waals surface area contributed by atoms with Gasteiger partial charge in [0.1, 0.15) is 0 Å². The Morgan fingerprint density at radius 1 is 1.09 bits per heavy atom. The fourth-order valence-electron chi connectivity index (χ4n) is 0. The number of hydrogen-bond acceptors (Lipinski definition) is 3. The molecule has 0 aromatic rings. The van der Waals surface area contributed by atoms with Gasteiger partial charge < -0.3 is 32.5 Å². The predicted octanol–water partition coefficient (Wildman–Crippen LogP) is -7.38. The molecule has 0 aliphatic rings. The summed E-state index contributed by atoms with van der Waals surface area (Å²) >= 11 is 0.757. The summed E-state index contributed by atoms with van der Waals surface area (Å²) in [6.45, 7) is 0. The smallest absolute Gasteiger partial charge is 0.369 e. The Labute approximate surface area is 117 Å². The minimum Gasteiger partial charge on any atom is -0.369 e. The summed E-state index contributed by atoms with van der Waals surface area (Å²) in [5, 5.41) is 0. The van der Waals surface area contributed by atoms with Crippen molar-refractivity contribution < 1.29 is 79.9 Å². The van der Waals surface area contributed by atoms with E-state index in [1.165, 1.54) is 0 Å². The van der Waals surface area contributed by atoms with E-state index in [2.05, 4.69) is 20.2 Å². The second-order valence-corrected chi connectivity index (χ2v) is 2.17. The standard InChI is InChI=1S/ClO3.4ClH.Cu.H3N.Na/c2-1(3)4;;;;;;;/h;4*1H;;1H3;/q-1;;;;;+2;;+1/p-2. The Bertz CT molecular complexity index is 32.9. The van der Waals surface area contributed by atoms with Crippen LogP contribution in [0.2, 0.25) is 0 Å². The molecule has 0 saturated carbocycles. The third-order valence-corrected chi connectivity index (χ3v) is 0.